The molecule has 0 atom stereocenters. The smallest absolute Gasteiger partial charge is 0.326 e. The molecule has 0 aliphatic carbocycles. The van der Waals surface area contributed by atoms with E-state index in [4.69, 9.17) is 11.6 Å². The molecule has 8 heteroatoms. The van der Waals surface area contributed by atoms with E-state index in [-0.39, 0.29) is 12.5 Å². The molecule has 0 spiro atoms. The van der Waals surface area contributed by atoms with E-state index in [0.29, 0.717) is 42.2 Å². The van der Waals surface area contributed by atoms with E-state index < -0.39 is 11.5 Å². The van der Waals surface area contributed by atoms with E-state index in [0.717, 1.165) is 5.69 Å². The van der Waals surface area contributed by atoms with E-state index >= 15 is 0 Å². The minimum Gasteiger partial charge on any atom is -0.368 e. The van der Waals surface area contributed by atoms with Crippen LogP contribution in [-0.2, 0) is 11.3 Å². The Kier molecular flexibility index (Phi) is 4.61. The Hall–Kier alpha value is -2.80. The van der Waals surface area contributed by atoms with Gasteiger partial charge in [-0.2, -0.15) is 0 Å². The molecule has 1 aromatic heterocycles. The Labute approximate surface area is 159 Å². The van der Waals surface area contributed by atoms with E-state index in [2.05, 4.69) is 9.88 Å². The average molecular weight is 389 g/mol. The van der Waals surface area contributed by atoms with E-state index in [1.165, 1.54) is 22.8 Å². The van der Waals surface area contributed by atoms with Crippen LogP contribution in [0.25, 0.3) is 11.0 Å². The molecule has 0 bridgehead atoms. The monoisotopic (exact) mass is 388 g/mol. The van der Waals surface area contributed by atoms with Gasteiger partial charge >= 0.3 is 5.69 Å². The molecule has 1 fully saturated rings. The van der Waals surface area contributed by atoms with Crippen molar-refractivity contribution in [2.24, 2.45) is 0 Å². The molecule has 3 aromatic rings. The molecule has 1 aliphatic rings. The van der Waals surface area contributed by atoms with Gasteiger partial charge in [-0.15, -0.1) is 0 Å². The summed E-state index contributed by atoms with van der Waals surface area (Å²) in [6, 6.07) is 11.7. The van der Waals surface area contributed by atoms with Crippen LogP contribution in [-0.4, -0.2) is 46.5 Å². The van der Waals surface area contributed by atoms with Crippen molar-refractivity contribution in [2.75, 3.05) is 31.1 Å². The van der Waals surface area contributed by atoms with Crippen LogP contribution in [0.1, 0.15) is 0 Å². The number of amides is 1. The van der Waals surface area contributed by atoms with Gasteiger partial charge in [0.15, 0.2) is 0 Å². The number of anilines is 1. The largest absolute Gasteiger partial charge is 0.368 e. The number of hydrogen-bond donors (Lipinski definition) is 1. The van der Waals surface area contributed by atoms with Crippen LogP contribution in [0.5, 0.6) is 0 Å². The molecule has 27 heavy (non-hydrogen) atoms. The summed E-state index contributed by atoms with van der Waals surface area (Å²) in [4.78, 5) is 31.3. The standard InChI is InChI=1S/C19H18ClFN4O2/c20-13-2-1-3-15(10-13)23-6-8-24(9-7-23)18(26)12-25-17-5-4-14(21)11-16(17)22-19(25)27/h1-5,10-11H,6-9,12H2,(H,22,27). The molecule has 0 unspecified atom stereocenters. The predicted molar refractivity (Wildman–Crippen MR) is 103 cm³/mol. The van der Waals surface area contributed by atoms with Crippen molar-refractivity contribution in [3.63, 3.8) is 0 Å². The summed E-state index contributed by atoms with van der Waals surface area (Å²) >= 11 is 6.05. The number of imidazole rings is 1. The van der Waals surface area contributed by atoms with Crippen LogP contribution in [0, 0.1) is 5.82 Å². The van der Waals surface area contributed by atoms with Gasteiger partial charge < -0.3 is 14.8 Å². The molecule has 140 valence electrons. The maximum atomic E-state index is 13.3. The zero-order valence-electron chi connectivity index (χ0n) is 14.5. The van der Waals surface area contributed by atoms with E-state index in [1.807, 2.05) is 24.3 Å². The van der Waals surface area contributed by atoms with E-state index in [9.17, 15) is 14.0 Å². The zero-order chi connectivity index (χ0) is 19.0. The van der Waals surface area contributed by atoms with Gasteiger partial charge in [-0.25, -0.2) is 9.18 Å². The second-order valence-electron chi connectivity index (χ2n) is 6.53. The molecule has 2 aromatic carbocycles. The van der Waals surface area contributed by atoms with Crippen molar-refractivity contribution < 1.29 is 9.18 Å². The fourth-order valence-electron chi connectivity index (χ4n) is 3.41. The van der Waals surface area contributed by atoms with Crippen molar-refractivity contribution in [2.45, 2.75) is 6.54 Å². The Morgan fingerprint density at radius 2 is 1.89 bits per heavy atom. The number of halogens is 2. The lowest BCUT2D eigenvalue weighted by atomic mass is 10.2. The number of hydrogen-bond acceptors (Lipinski definition) is 3. The first kappa shape index (κ1) is 17.6. The number of carbonyl (C=O) groups excluding carboxylic acids is 1. The number of benzene rings is 2. The Balaban J connectivity index is 1.45. The van der Waals surface area contributed by atoms with Gasteiger partial charge in [0, 0.05) is 36.9 Å². The molecule has 1 aliphatic heterocycles. The van der Waals surface area contributed by atoms with Crippen LogP contribution in [0.3, 0.4) is 0 Å². The van der Waals surface area contributed by atoms with Gasteiger partial charge in [0.05, 0.1) is 11.0 Å². The number of nitrogens with zero attached hydrogens (tertiary/aromatic N) is 3. The fraction of sp³-hybridized carbons (Fsp3) is 0.263. The van der Waals surface area contributed by atoms with E-state index in [1.54, 1.807) is 4.90 Å². The maximum absolute atomic E-state index is 13.3. The second-order valence-corrected chi connectivity index (χ2v) is 6.96. The lowest BCUT2D eigenvalue weighted by Crippen LogP contribution is -2.50. The molecule has 1 saturated heterocycles. The molecule has 6 nitrogen and oxygen atoms in total. The lowest BCUT2D eigenvalue weighted by molar-refractivity contribution is -0.132. The number of aromatic amines is 1. The van der Waals surface area contributed by atoms with Gasteiger partial charge in [0.2, 0.25) is 5.91 Å². The number of rotatable bonds is 3. The molecule has 4 rings (SSSR count). The van der Waals surface area contributed by atoms with Crippen molar-refractivity contribution >= 4 is 34.2 Å². The minimum atomic E-state index is -0.431. The fourth-order valence-corrected chi connectivity index (χ4v) is 3.60. The van der Waals surface area contributed by atoms with Crippen LogP contribution in [0.4, 0.5) is 10.1 Å². The highest BCUT2D eigenvalue weighted by molar-refractivity contribution is 6.30. The number of H-pyrrole nitrogens is 1. The lowest BCUT2D eigenvalue weighted by Gasteiger charge is -2.36. The van der Waals surface area contributed by atoms with Crippen molar-refractivity contribution in [3.05, 3.63) is 63.8 Å². The molecule has 2 heterocycles. The highest BCUT2D eigenvalue weighted by Crippen LogP contribution is 2.21. The maximum Gasteiger partial charge on any atom is 0.326 e. The first-order valence-corrected chi connectivity index (χ1v) is 9.05. The van der Waals surface area contributed by atoms with Crippen molar-refractivity contribution in [1.29, 1.82) is 0 Å². The summed E-state index contributed by atoms with van der Waals surface area (Å²) in [5.74, 6) is -0.563. The quantitative estimate of drug-likeness (QED) is 0.749. The highest BCUT2D eigenvalue weighted by Gasteiger charge is 2.22. The molecular weight excluding hydrogens is 371 g/mol. The highest BCUT2D eigenvalue weighted by atomic mass is 35.5. The first-order chi connectivity index (χ1) is 13.0. The van der Waals surface area contributed by atoms with Crippen molar-refractivity contribution in [3.8, 4) is 0 Å². The van der Waals surface area contributed by atoms with Crippen LogP contribution >= 0.6 is 11.6 Å². The molecule has 0 radical (unpaired) electrons. The second kappa shape index (κ2) is 7.08. The molecule has 1 amide bonds. The van der Waals surface area contributed by atoms with Crippen LogP contribution < -0.4 is 10.6 Å². The van der Waals surface area contributed by atoms with Crippen molar-refractivity contribution in [1.82, 2.24) is 14.5 Å². The normalized spacial score (nSPS) is 14.7. The third-order valence-corrected chi connectivity index (χ3v) is 5.07. The summed E-state index contributed by atoms with van der Waals surface area (Å²) in [5, 5.41) is 0.682. The summed E-state index contributed by atoms with van der Waals surface area (Å²) in [6.45, 7) is 2.45. The molecule has 1 N–H and O–H groups in total. The zero-order valence-corrected chi connectivity index (χ0v) is 15.2. The third-order valence-electron chi connectivity index (χ3n) is 4.84. The minimum absolute atomic E-state index is 0.0678. The van der Waals surface area contributed by atoms with Gasteiger partial charge in [-0.1, -0.05) is 17.7 Å². The molecule has 0 saturated carbocycles. The van der Waals surface area contributed by atoms with Gasteiger partial charge in [-0.3, -0.25) is 9.36 Å². The van der Waals surface area contributed by atoms with Gasteiger partial charge in [0.1, 0.15) is 12.4 Å². The first-order valence-electron chi connectivity index (χ1n) is 8.67. The number of aromatic nitrogens is 2. The number of fused-ring (bicyclic) bond motifs is 1. The predicted octanol–water partition coefficient (Wildman–Crippen LogP) is 2.47. The summed E-state index contributed by atoms with van der Waals surface area (Å²) in [5.41, 5.74) is 1.52. The molecular formula is C19H18ClFN4O2. The number of piperazine rings is 1. The van der Waals surface area contributed by atoms with Gasteiger partial charge in [-0.05, 0) is 36.4 Å². The van der Waals surface area contributed by atoms with Crippen LogP contribution in [0.2, 0.25) is 5.02 Å². The third kappa shape index (κ3) is 3.55. The summed E-state index contributed by atoms with van der Waals surface area (Å²) in [7, 11) is 0. The Morgan fingerprint density at radius 3 is 2.63 bits per heavy atom. The summed E-state index contributed by atoms with van der Waals surface area (Å²) in [6.07, 6.45) is 0. The number of carbonyl (C=O) groups is 1. The number of nitrogens with one attached hydrogen (secondary N) is 1. The average Bonchev–Trinajstić information content (AvgIpc) is 2.96. The SMILES string of the molecule is O=C(Cn1c(=O)[nH]c2cc(F)ccc21)N1CCN(c2cccc(Cl)c2)CC1. The van der Waals surface area contributed by atoms with Gasteiger partial charge in [0.25, 0.3) is 0 Å². The Morgan fingerprint density at radius 1 is 1.11 bits per heavy atom. The Bertz CT molecular complexity index is 1050. The van der Waals surface area contributed by atoms with Crippen LogP contribution in [0.15, 0.2) is 47.3 Å². The summed E-state index contributed by atoms with van der Waals surface area (Å²) < 4.78 is 14.7. The topological polar surface area (TPSA) is 61.3 Å².